The molecule has 0 radical (unpaired) electrons. The first-order valence-corrected chi connectivity index (χ1v) is 9.42. The van der Waals surface area contributed by atoms with E-state index in [2.05, 4.69) is 10.1 Å². The Morgan fingerprint density at radius 3 is 2.65 bits per heavy atom. The second-order valence-electron chi connectivity index (χ2n) is 6.35. The molecule has 2 aromatic heterocycles. The third kappa shape index (κ3) is 3.83. The van der Waals surface area contributed by atoms with Gasteiger partial charge in [-0.05, 0) is 12.0 Å². The Kier molecular flexibility index (Phi) is 5.46. The van der Waals surface area contributed by atoms with Crippen molar-refractivity contribution >= 4 is 22.3 Å². The van der Waals surface area contributed by atoms with E-state index in [9.17, 15) is 9.59 Å². The van der Waals surface area contributed by atoms with Crippen LogP contribution in [0.2, 0.25) is 0 Å². The van der Waals surface area contributed by atoms with Gasteiger partial charge >= 0.3 is 5.97 Å². The summed E-state index contributed by atoms with van der Waals surface area (Å²) in [7, 11) is 0. The highest BCUT2D eigenvalue weighted by Gasteiger charge is 2.20. The Morgan fingerprint density at radius 1 is 1.27 bits per heavy atom. The molecule has 0 N–H and O–H groups in total. The molecule has 136 valence electrons. The molecule has 1 aromatic carbocycles. The lowest BCUT2D eigenvalue weighted by Gasteiger charge is -2.14. The molecular weight excluding hydrogens is 350 g/mol. The number of hydrogen-bond acceptors (Lipinski definition) is 6. The number of nitrogens with zero attached hydrogens (tertiary/aromatic N) is 3. The van der Waals surface area contributed by atoms with Crippen molar-refractivity contribution in [3.8, 4) is 0 Å². The van der Waals surface area contributed by atoms with E-state index in [-0.39, 0.29) is 30.0 Å². The molecule has 0 fully saturated rings. The van der Waals surface area contributed by atoms with Gasteiger partial charge in [-0.15, -0.1) is 0 Å². The SMILES string of the molecule is CC[C@@H](C(=O)OCc1cc(=O)n2nc(C(C)C)sc2n1)c1ccccc1. The van der Waals surface area contributed by atoms with Crippen LogP contribution in [0.15, 0.2) is 41.2 Å². The van der Waals surface area contributed by atoms with E-state index in [1.54, 1.807) is 0 Å². The average Bonchev–Trinajstić information content (AvgIpc) is 3.07. The monoisotopic (exact) mass is 371 g/mol. The van der Waals surface area contributed by atoms with Crippen LogP contribution in [-0.2, 0) is 16.1 Å². The van der Waals surface area contributed by atoms with E-state index >= 15 is 0 Å². The van der Waals surface area contributed by atoms with Gasteiger partial charge in [-0.25, -0.2) is 4.98 Å². The Hall–Kier alpha value is -2.54. The van der Waals surface area contributed by atoms with Crippen molar-refractivity contribution in [3.05, 3.63) is 63.0 Å². The predicted molar refractivity (Wildman–Crippen MR) is 100 cm³/mol. The first kappa shape index (κ1) is 18.3. The molecule has 0 unspecified atom stereocenters. The quantitative estimate of drug-likeness (QED) is 0.620. The van der Waals surface area contributed by atoms with Crippen molar-refractivity contribution < 1.29 is 9.53 Å². The van der Waals surface area contributed by atoms with Crippen LogP contribution in [0.4, 0.5) is 0 Å². The first-order chi connectivity index (χ1) is 12.5. The van der Waals surface area contributed by atoms with Gasteiger partial charge < -0.3 is 4.74 Å². The molecule has 0 amide bonds. The predicted octanol–water partition coefficient (Wildman–Crippen LogP) is 3.51. The van der Waals surface area contributed by atoms with Gasteiger partial charge in [0.05, 0.1) is 11.6 Å². The molecule has 1 atom stereocenters. The van der Waals surface area contributed by atoms with Crippen LogP contribution >= 0.6 is 11.3 Å². The number of ether oxygens (including phenoxy) is 1. The summed E-state index contributed by atoms with van der Waals surface area (Å²) < 4.78 is 6.72. The van der Waals surface area contributed by atoms with Crippen molar-refractivity contribution in [2.75, 3.05) is 0 Å². The lowest BCUT2D eigenvalue weighted by molar-refractivity contribution is -0.147. The number of aromatic nitrogens is 3. The molecule has 0 saturated heterocycles. The Labute approximate surface area is 155 Å². The molecular formula is C19H21N3O3S. The smallest absolute Gasteiger partial charge is 0.313 e. The van der Waals surface area contributed by atoms with Gasteiger partial charge in [-0.3, -0.25) is 9.59 Å². The largest absolute Gasteiger partial charge is 0.459 e. The van der Waals surface area contributed by atoms with Crippen LogP contribution in [0.1, 0.15) is 55.3 Å². The van der Waals surface area contributed by atoms with Crippen LogP contribution in [-0.4, -0.2) is 20.6 Å². The Balaban J connectivity index is 1.76. The van der Waals surface area contributed by atoms with E-state index in [0.717, 1.165) is 10.6 Å². The molecule has 0 spiro atoms. The van der Waals surface area contributed by atoms with Gasteiger partial charge in [0.2, 0.25) is 4.96 Å². The zero-order valence-corrected chi connectivity index (χ0v) is 15.8. The summed E-state index contributed by atoms with van der Waals surface area (Å²) in [5.74, 6) is -0.414. The molecule has 0 saturated carbocycles. The zero-order chi connectivity index (χ0) is 18.7. The van der Waals surface area contributed by atoms with Crippen LogP contribution in [0.5, 0.6) is 0 Å². The number of carbonyl (C=O) groups is 1. The minimum absolute atomic E-state index is 0.0250. The van der Waals surface area contributed by atoms with Gasteiger partial charge in [-0.2, -0.15) is 9.61 Å². The maximum atomic E-state index is 12.4. The van der Waals surface area contributed by atoms with E-state index in [1.807, 2.05) is 51.1 Å². The Bertz CT molecular complexity index is 963. The maximum absolute atomic E-state index is 12.4. The van der Waals surface area contributed by atoms with E-state index in [4.69, 9.17) is 4.74 Å². The molecule has 26 heavy (non-hydrogen) atoms. The molecule has 0 bridgehead atoms. The lowest BCUT2D eigenvalue weighted by atomic mass is 9.97. The fourth-order valence-corrected chi connectivity index (χ4v) is 3.57. The van der Waals surface area contributed by atoms with E-state index in [1.165, 1.54) is 21.9 Å². The van der Waals surface area contributed by atoms with Crippen molar-refractivity contribution in [2.45, 2.75) is 45.6 Å². The van der Waals surface area contributed by atoms with Crippen molar-refractivity contribution in [1.29, 1.82) is 0 Å². The summed E-state index contributed by atoms with van der Waals surface area (Å²) in [6.45, 7) is 5.95. The molecule has 6 nitrogen and oxygen atoms in total. The van der Waals surface area contributed by atoms with Gasteiger partial charge in [0, 0.05) is 12.0 Å². The van der Waals surface area contributed by atoms with Gasteiger partial charge in [0.1, 0.15) is 11.6 Å². The highest BCUT2D eigenvalue weighted by Crippen LogP contribution is 2.22. The highest BCUT2D eigenvalue weighted by molar-refractivity contribution is 7.16. The second kappa shape index (κ2) is 7.78. The summed E-state index contributed by atoms with van der Waals surface area (Å²) >= 11 is 1.38. The summed E-state index contributed by atoms with van der Waals surface area (Å²) in [6, 6.07) is 10.9. The summed E-state index contributed by atoms with van der Waals surface area (Å²) in [4.78, 5) is 29.6. The molecule has 0 aliphatic rings. The fourth-order valence-electron chi connectivity index (χ4n) is 2.65. The van der Waals surface area contributed by atoms with Gasteiger partial charge in [0.25, 0.3) is 5.56 Å². The minimum atomic E-state index is -0.322. The number of rotatable bonds is 6. The molecule has 0 aliphatic heterocycles. The zero-order valence-electron chi connectivity index (χ0n) is 15.0. The van der Waals surface area contributed by atoms with Crippen molar-refractivity contribution in [3.63, 3.8) is 0 Å². The summed E-state index contributed by atoms with van der Waals surface area (Å²) in [5, 5.41) is 5.13. The number of benzene rings is 1. The third-order valence-corrected chi connectivity index (χ3v) is 5.27. The van der Waals surface area contributed by atoms with Crippen LogP contribution in [0.3, 0.4) is 0 Å². The molecule has 3 aromatic rings. The highest BCUT2D eigenvalue weighted by atomic mass is 32.1. The third-order valence-electron chi connectivity index (χ3n) is 4.06. The second-order valence-corrected chi connectivity index (χ2v) is 7.34. The number of esters is 1. The molecule has 3 rings (SSSR count). The van der Waals surface area contributed by atoms with Gasteiger partial charge in [0.15, 0.2) is 0 Å². The van der Waals surface area contributed by atoms with Crippen LogP contribution in [0, 0.1) is 0 Å². The molecule has 2 heterocycles. The lowest BCUT2D eigenvalue weighted by Crippen LogP contribution is -2.19. The number of carbonyl (C=O) groups excluding carboxylic acids is 1. The minimum Gasteiger partial charge on any atom is -0.459 e. The Morgan fingerprint density at radius 2 is 2.00 bits per heavy atom. The maximum Gasteiger partial charge on any atom is 0.313 e. The molecule has 7 heteroatoms. The average molecular weight is 371 g/mol. The van der Waals surface area contributed by atoms with Crippen molar-refractivity contribution in [1.82, 2.24) is 14.6 Å². The number of hydrogen-bond donors (Lipinski definition) is 0. The van der Waals surface area contributed by atoms with Crippen molar-refractivity contribution in [2.24, 2.45) is 0 Å². The van der Waals surface area contributed by atoms with Crippen LogP contribution < -0.4 is 5.56 Å². The normalized spacial score (nSPS) is 12.5. The topological polar surface area (TPSA) is 73.6 Å². The van der Waals surface area contributed by atoms with Gasteiger partial charge in [-0.1, -0.05) is 62.4 Å². The van der Waals surface area contributed by atoms with Crippen LogP contribution in [0.25, 0.3) is 4.96 Å². The van der Waals surface area contributed by atoms with E-state index < -0.39 is 0 Å². The summed E-state index contributed by atoms with van der Waals surface area (Å²) in [5.41, 5.74) is 1.09. The standard InChI is InChI=1S/C19H21N3O3S/c1-4-15(13-8-6-5-7-9-13)18(24)25-11-14-10-16(23)22-19(20-14)26-17(21-22)12(2)3/h5-10,12,15H,4,11H2,1-3H3/t15-/m1/s1. The van der Waals surface area contributed by atoms with E-state index in [0.29, 0.717) is 17.1 Å². The fraction of sp³-hybridized carbons (Fsp3) is 0.368. The number of fused-ring (bicyclic) bond motifs is 1. The first-order valence-electron chi connectivity index (χ1n) is 8.60. The molecule has 0 aliphatic carbocycles. The summed E-state index contributed by atoms with van der Waals surface area (Å²) in [6.07, 6.45) is 0.643.